The lowest BCUT2D eigenvalue weighted by atomic mass is 10.1. The second-order valence-electron chi connectivity index (χ2n) is 9.76. The molecule has 0 saturated carbocycles. The molecule has 4 heterocycles. The van der Waals surface area contributed by atoms with Crippen molar-refractivity contribution in [2.75, 3.05) is 25.5 Å². The molecule has 8 heteroatoms. The van der Waals surface area contributed by atoms with Crippen LogP contribution in [0.4, 0.5) is 5.69 Å². The maximum atomic E-state index is 13.4. The number of imidazole rings is 1. The van der Waals surface area contributed by atoms with Crippen molar-refractivity contribution in [1.82, 2.24) is 24.8 Å². The maximum Gasteiger partial charge on any atom is 0.261 e. The SMILES string of the molecule is C[C@H](Nc1c(-c2nc3ccc(OC4CCN(C)CC4)cc3[nH]2)c(=O)[nH]c2ccccc12)c1ccccn1. The standard InChI is InChI=1S/C29H30N6O2/c1-18(22-8-5-6-14-30-22)31-27-21-7-3-4-9-23(21)34-29(36)26(27)28-32-24-11-10-20(17-25(24)33-28)37-19-12-15-35(2)16-13-19/h3-11,14,17-19H,12-13,15-16H2,1-2H3,(H,32,33)(H2,31,34,36)/t18-/m0/s1. The number of hydrogen-bond acceptors (Lipinski definition) is 6. The van der Waals surface area contributed by atoms with E-state index in [1.807, 2.05) is 67.6 Å². The minimum Gasteiger partial charge on any atom is -0.490 e. The van der Waals surface area contributed by atoms with Gasteiger partial charge in [-0.3, -0.25) is 9.78 Å². The summed E-state index contributed by atoms with van der Waals surface area (Å²) in [4.78, 5) is 31.4. The van der Waals surface area contributed by atoms with Crippen LogP contribution in [0.2, 0.25) is 0 Å². The average Bonchev–Trinajstić information content (AvgIpc) is 3.33. The summed E-state index contributed by atoms with van der Waals surface area (Å²) in [5.74, 6) is 1.32. The van der Waals surface area contributed by atoms with Crippen molar-refractivity contribution in [1.29, 1.82) is 0 Å². The smallest absolute Gasteiger partial charge is 0.261 e. The summed E-state index contributed by atoms with van der Waals surface area (Å²) in [6.45, 7) is 4.12. The van der Waals surface area contributed by atoms with Crippen LogP contribution in [0.15, 0.2) is 71.7 Å². The molecule has 1 aliphatic rings. The Balaban J connectivity index is 1.40. The number of nitrogens with one attached hydrogen (secondary N) is 3. The summed E-state index contributed by atoms with van der Waals surface area (Å²) in [6.07, 6.45) is 4.01. The highest BCUT2D eigenvalue weighted by Gasteiger charge is 2.21. The van der Waals surface area contributed by atoms with Crippen molar-refractivity contribution in [2.24, 2.45) is 0 Å². The van der Waals surface area contributed by atoms with Crippen LogP contribution < -0.4 is 15.6 Å². The van der Waals surface area contributed by atoms with E-state index in [0.717, 1.165) is 65.0 Å². The van der Waals surface area contributed by atoms with E-state index in [1.54, 1.807) is 6.20 Å². The number of fused-ring (bicyclic) bond motifs is 2. The number of hydrogen-bond donors (Lipinski definition) is 3. The topological polar surface area (TPSA) is 98.9 Å². The number of nitrogens with zero attached hydrogens (tertiary/aromatic N) is 3. The van der Waals surface area contributed by atoms with E-state index in [-0.39, 0.29) is 17.7 Å². The molecule has 37 heavy (non-hydrogen) atoms. The van der Waals surface area contributed by atoms with E-state index in [0.29, 0.717) is 11.4 Å². The van der Waals surface area contributed by atoms with Crippen LogP contribution in [0.3, 0.4) is 0 Å². The second-order valence-corrected chi connectivity index (χ2v) is 9.76. The van der Waals surface area contributed by atoms with Crippen molar-refractivity contribution >= 4 is 27.6 Å². The van der Waals surface area contributed by atoms with Crippen molar-refractivity contribution in [2.45, 2.75) is 31.9 Å². The zero-order valence-electron chi connectivity index (χ0n) is 21.0. The van der Waals surface area contributed by atoms with Gasteiger partial charge in [-0.2, -0.15) is 0 Å². The molecule has 188 valence electrons. The van der Waals surface area contributed by atoms with E-state index in [9.17, 15) is 4.79 Å². The van der Waals surface area contributed by atoms with Gasteiger partial charge in [0.15, 0.2) is 0 Å². The highest BCUT2D eigenvalue weighted by Crippen LogP contribution is 2.34. The third kappa shape index (κ3) is 4.68. The van der Waals surface area contributed by atoms with Crippen LogP contribution in [0.25, 0.3) is 33.3 Å². The third-order valence-corrected chi connectivity index (χ3v) is 7.07. The van der Waals surface area contributed by atoms with E-state index in [2.05, 4.69) is 32.2 Å². The molecular weight excluding hydrogens is 464 g/mol. The second kappa shape index (κ2) is 9.71. The molecule has 3 N–H and O–H groups in total. The maximum absolute atomic E-state index is 13.4. The Labute approximate surface area is 214 Å². The van der Waals surface area contributed by atoms with Crippen molar-refractivity contribution < 1.29 is 4.74 Å². The normalized spacial score (nSPS) is 15.7. The van der Waals surface area contributed by atoms with Gasteiger partial charge in [0, 0.05) is 30.7 Å². The number of H-pyrrole nitrogens is 2. The van der Waals surface area contributed by atoms with Gasteiger partial charge in [-0.1, -0.05) is 24.3 Å². The summed E-state index contributed by atoms with van der Waals surface area (Å²) < 4.78 is 6.27. The van der Waals surface area contributed by atoms with Crippen LogP contribution in [0.5, 0.6) is 5.75 Å². The number of aromatic amines is 2. The fraction of sp³-hybridized carbons (Fsp3) is 0.276. The largest absolute Gasteiger partial charge is 0.490 e. The number of likely N-dealkylation sites (tertiary alicyclic amines) is 1. The molecule has 1 fully saturated rings. The number of pyridine rings is 2. The molecule has 8 nitrogen and oxygen atoms in total. The molecule has 5 aromatic rings. The quantitative estimate of drug-likeness (QED) is 0.303. The molecule has 0 unspecified atom stereocenters. The molecule has 0 aliphatic carbocycles. The Kier molecular flexibility index (Phi) is 6.10. The summed E-state index contributed by atoms with van der Waals surface area (Å²) in [5.41, 5.74) is 4.24. The monoisotopic (exact) mass is 494 g/mol. The first-order valence-electron chi connectivity index (χ1n) is 12.7. The molecule has 3 aromatic heterocycles. The number of anilines is 1. The van der Waals surface area contributed by atoms with Gasteiger partial charge in [0.25, 0.3) is 5.56 Å². The summed E-state index contributed by atoms with van der Waals surface area (Å²) >= 11 is 0. The lowest BCUT2D eigenvalue weighted by Gasteiger charge is -2.29. The first-order chi connectivity index (χ1) is 18.0. The molecule has 0 amide bonds. The van der Waals surface area contributed by atoms with E-state index in [1.165, 1.54) is 0 Å². The number of para-hydroxylation sites is 1. The van der Waals surface area contributed by atoms with Crippen LogP contribution in [0.1, 0.15) is 31.5 Å². The van der Waals surface area contributed by atoms with Crippen LogP contribution in [-0.2, 0) is 0 Å². The molecule has 0 radical (unpaired) electrons. The first-order valence-corrected chi connectivity index (χ1v) is 12.7. The zero-order chi connectivity index (χ0) is 25.4. The Morgan fingerprint density at radius 2 is 1.84 bits per heavy atom. The van der Waals surface area contributed by atoms with Gasteiger partial charge in [-0.05, 0) is 57.1 Å². The Bertz CT molecular complexity index is 1600. The van der Waals surface area contributed by atoms with E-state index < -0.39 is 0 Å². The minimum atomic E-state index is -0.212. The molecule has 0 bridgehead atoms. The summed E-state index contributed by atoms with van der Waals surface area (Å²) in [5, 5.41) is 4.46. The first kappa shape index (κ1) is 23.2. The number of ether oxygens (including phenoxy) is 1. The number of aromatic nitrogens is 4. The van der Waals surface area contributed by atoms with Crippen molar-refractivity contribution in [3.05, 3.63) is 82.9 Å². The van der Waals surface area contributed by atoms with Crippen LogP contribution >= 0.6 is 0 Å². The Morgan fingerprint density at radius 3 is 2.65 bits per heavy atom. The molecule has 6 rings (SSSR count). The fourth-order valence-corrected chi connectivity index (χ4v) is 5.02. The molecule has 1 saturated heterocycles. The van der Waals surface area contributed by atoms with E-state index in [4.69, 9.17) is 9.72 Å². The molecule has 1 atom stereocenters. The molecular formula is C29H30N6O2. The average molecular weight is 495 g/mol. The highest BCUT2D eigenvalue weighted by molar-refractivity contribution is 5.99. The predicted molar refractivity (Wildman–Crippen MR) is 147 cm³/mol. The molecule has 2 aromatic carbocycles. The number of rotatable bonds is 6. The minimum absolute atomic E-state index is 0.121. The zero-order valence-corrected chi connectivity index (χ0v) is 21.0. The van der Waals surface area contributed by atoms with Gasteiger partial charge < -0.3 is 24.9 Å². The Morgan fingerprint density at radius 1 is 1.03 bits per heavy atom. The Hall–Kier alpha value is -4.17. The van der Waals surface area contributed by atoms with E-state index >= 15 is 0 Å². The van der Waals surface area contributed by atoms with Gasteiger partial charge in [0.1, 0.15) is 23.2 Å². The molecule has 1 aliphatic heterocycles. The predicted octanol–water partition coefficient (Wildman–Crippen LogP) is 5.11. The fourth-order valence-electron chi connectivity index (χ4n) is 5.02. The highest BCUT2D eigenvalue weighted by atomic mass is 16.5. The van der Waals surface area contributed by atoms with Gasteiger partial charge in [0.05, 0.1) is 34.0 Å². The van der Waals surface area contributed by atoms with Crippen molar-refractivity contribution in [3.8, 4) is 17.1 Å². The van der Waals surface area contributed by atoms with Gasteiger partial charge >= 0.3 is 0 Å². The van der Waals surface area contributed by atoms with Gasteiger partial charge in [-0.15, -0.1) is 0 Å². The lowest BCUT2D eigenvalue weighted by molar-refractivity contribution is 0.114. The number of benzene rings is 2. The molecule has 0 spiro atoms. The third-order valence-electron chi connectivity index (χ3n) is 7.07. The lowest BCUT2D eigenvalue weighted by Crippen LogP contribution is -2.35. The van der Waals surface area contributed by atoms with Crippen LogP contribution in [-0.4, -0.2) is 51.1 Å². The summed E-state index contributed by atoms with van der Waals surface area (Å²) in [6, 6.07) is 19.4. The van der Waals surface area contributed by atoms with Crippen molar-refractivity contribution in [3.63, 3.8) is 0 Å². The van der Waals surface area contributed by atoms with Gasteiger partial charge in [-0.25, -0.2) is 4.98 Å². The summed E-state index contributed by atoms with van der Waals surface area (Å²) in [7, 11) is 2.14. The van der Waals surface area contributed by atoms with Gasteiger partial charge in [0.2, 0.25) is 0 Å². The number of piperidine rings is 1. The van der Waals surface area contributed by atoms with Crippen LogP contribution in [0, 0.1) is 0 Å².